The van der Waals surface area contributed by atoms with Crippen molar-refractivity contribution in [1.29, 1.82) is 0 Å². The quantitative estimate of drug-likeness (QED) is 0.291. The van der Waals surface area contributed by atoms with Crippen molar-refractivity contribution in [2.24, 2.45) is 0 Å². The molecular weight excluding hydrogens is 470 g/mol. The summed E-state index contributed by atoms with van der Waals surface area (Å²) in [6.45, 7) is 3.25. The second-order valence-corrected chi connectivity index (χ2v) is 9.09. The third-order valence-electron chi connectivity index (χ3n) is 6.22. The zero-order valence-electron chi connectivity index (χ0n) is 21.4. The van der Waals surface area contributed by atoms with E-state index >= 15 is 0 Å². The summed E-state index contributed by atoms with van der Waals surface area (Å²) < 4.78 is 5.44. The Hall–Kier alpha value is -4.59. The zero-order valence-corrected chi connectivity index (χ0v) is 21.4. The first-order valence-corrected chi connectivity index (χ1v) is 11.7. The number of ether oxygens (including phenoxy) is 1. The van der Waals surface area contributed by atoms with Gasteiger partial charge in [-0.3, -0.25) is 19.3 Å². The number of benzene rings is 3. The first-order valence-electron chi connectivity index (χ1n) is 11.7. The molecule has 0 bridgehead atoms. The van der Waals surface area contributed by atoms with Crippen molar-refractivity contribution in [2.45, 2.75) is 19.9 Å². The van der Waals surface area contributed by atoms with E-state index in [1.165, 1.54) is 18.9 Å². The topological polar surface area (TPSA) is 99.2 Å². The van der Waals surface area contributed by atoms with E-state index in [1.807, 2.05) is 56.3 Å². The highest BCUT2D eigenvalue weighted by Crippen LogP contribution is 2.44. The van der Waals surface area contributed by atoms with Crippen molar-refractivity contribution in [3.05, 3.63) is 89.0 Å². The van der Waals surface area contributed by atoms with E-state index < -0.39 is 17.7 Å². The van der Waals surface area contributed by atoms with Crippen molar-refractivity contribution in [1.82, 2.24) is 0 Å². The van der Waals surface area contributed by atoms with Crippen molar-refractivity contribution in [2.75, 3.05) is 36.3 Å². The minimum Gasteiger partial charge on any atom is -0.507 e. The number of nitrogens with one attached hydrogen (secondary N) is 1. The molecule has 1 atom stereocenters. The molecule has 0 spiro atoms. The van der Waals surface area contributed by atoms with Gasteiger partial charge in [0.25, 0.3) is 11.7 Å². The van der Waals surface area contributed by atoms with Gasteiger partial charge in [0.15, 0.2) is 0 Å². The Morgan fingerprint density at radius 1 is 1.03 bits per heavy atom. The van der Waals surface area contributed by atoms with Gasteiger partial charge in [-0.1, -0.05) is 29.8 Å². The number of aliphatic hydroxyl groups excluding tert-OH is 1. The minimum atomic E-state index is -0.908. The van der Waals surface area contributed by atoms with Crippen LogP contribution in [0.25, 0.3) is 5.76 Å². The van der Waals surface area contributed by atoms with E-state index in [0.29, 0.717) is 28.3 Å². The zero-order chi connectivity index (χ0) is 26.9. The van der Waals surface area contributed by atoms with Gasteiger partial charge in [0, 0.05) is 38.1 Å². The van der Waals surface area contributed by atoms with E-state index in [-0.39, 0.29) is 17.2 Å². The minimum absolute atomic E-state index is 0.0450. The Balaban J connectivity index is 1.95. The molecule has 37 heavy (non-hydrogen) atoms. The highest BCUT2D eigenvalue weighted by atomic mass is 16.5. The molecule has 4 rings (SSSR count). The monoisotopic (exact) mass is 499 g/mol. The number of nitrogens with zero attached hydrogens (tertiary/aromatic N) is 2. The number of anilines is 3. The van der Waals surface area contributed by atoms with E-state index in [1.54, 1.807) is 36.4 Å². The molecule has 1 heterocycles. The summed E-state index contributed by atoms with van der Waals surface area (Å²) in [5.74, 6) is -1.80. The number of rotatable bonds is 6. The SMILES string of the molecule is COc1ccc(C)cc1/C(O)=C1\C(=O)C(=O)N(c2cccc(NC(C)=O)c2)C1c1ccc(N(C)C)cc1. The Morgan fingerprint density at radius 2 is 1.73 bits per heavy atom. The van der Waals surface area contributed by atoms with Crippen LogP contribution in [-0.4, -0.2) is 43.9 Å². The Kier molecular flexibility index (Phi) is 7.02. The van der Waals surface area contributed by atoms with Crippen molar-refractivity contribution < 1.29 is 24.2 Å². The molecule has 2 N–H and O–H groups in total. The molecule has 8 heteroatoms. The maximum atomic E-state index is 13.5. The van der Waals surface area contributed by atoms with Crippen LogP contribution >= 0.6 is 0 Å². The van der Waals surface area contributed by atoms with Gasteiger partial charge >= 0.3 is 0 Å². The van der Waals surface area contributed by atoms with E-state index in [2.05, 4.69) is 5.32 Å². The number of amides is 2. The largest absolute Gasteiger partial charge is 0.507 e. The van der Waals surface area contributed by atoms with Crippen LogP contribution in [0, 0.1) is 6.92 Å². The van der Waals surface area contributed by atoms with Gasteiger partial charge in [0.1, 0.15) is 11.5 Å². The molecule has 0 aliphatic carbocycles. The number of aryl methyl sites for hydroxylation is 1. The molecule has 3 aromatic rings. The highest BCUT2D eigenvalue weighted by Gasteiger charge is 2.47. The number of Topliss-reactive ketones (excluding diaryl/α,β-unsaturated/α-hetero) is 1. The van der Waals surface area contributed by atoms with Crippen LogP contribution in [-0.2, 0) is 14.4 Å². The van der Waals surface area contributed by atoms with Crippen LogP contribution in [0.5, 0.6) is 5.75 Å². The standard InChI is InChI=1S/C29H29N3O5/c1-17-9-14-24(37-5)23(15-17)27(34)25-26(19-10-12-21(13-11-19)31(3)4)32(29(36)28(25)35)22-8-6-7-20(16-22)30-18(2)33/h6-16,26,34H,1-5H3,(H,30,33)/b27-25+. The second-order valence-electron chi connectivity index (χ2n) is 9.09. The number of aliphatic hydroxyl groups is 1. The predicted molar refractivity (Wildman–Crippen MR) is 144 cm³/mol. The summed E-state index contributed by atoms with van der Waals surface area (Å²) in [6, 6.07) is 18.5. The lowest BCUT2D eigenvalue weighted by molar-refractivity contribution is -0.132. The van der Waals surface area contributed by atoms with Crippen LogP contribution in [0.15, 0.2) is 72.3 Å². The fourth-order valence-electron chi connectivity index (χ4n) is 4.46. The van der Waals surface area contributed by atoms with Crippen LogP contribution in [0.3, 0.4) is 0 Å². The molecule has 3 aromatic carbocycles. The number of ketones is 1. The highest BCUT2D eigenvalue weighted by molar-refractivity contribution is 6.51. The maximum Gasteiger partial charge on any atom is 0.300 e. The Labute approximate surface area is 215 Å². The fourth-order valence-corrected chi connectivity index (χ4v) is 4.46. The van der Waals surface area contributed by atoms with Gasteiger partial charge in [0.2, 0.25) is 5.91 Å². The lowest BCUT2D eigenvalue weighted by Gasteiger charge is -2.26. The van der Waals surface area contributed by atoms with Gasteiger partial charge in [0.05, 0.1) is 24.3 Å². The Bertz CT molecular complexity index is 1410. The maximum absolute atomic E-state index is 13.5. The summed E-state index contributed by atoms with van der Waals surface area (Å²) in [5.41, 5.74) is 3.60. The summed E-state index contributed by atoms with van der Waals surface area (Å²) in [6.07, 6.45) is 0. The summed E-state index contributed by atoms with van der Waals surface area (Å²) >= 11 is 0. The van der Waals surface area contributed by atoms with Crippen molar-refractivity contribution in [3.63, 3.8) is 0 Å². The second kappa shape index (κ2) is 10.2. The lowest BCUT2D eigenvalue weighted by atomic mass is 9.94. The van der Waals surface area contributed by atoms with Crippen molar-refractivity contribution >= 4 is 40.4 Å². The van der Waals surface area contributed by atoms with Crippen LogP contribution in [0.4, 0.5) is 17.1 Å². The first kappa shape index (κ1) is 25.5. The molecule has 0 radical (unpaired) electrons. The van der Waals surface area contributed by atoms with Crippen molar-refractivity contribution in [3.8, 4) is 5.75 Å². The number of hydrogen-bond donors (Lipinski definition) is 2. The predicted octanol–water partition coefficient (Wildman–Crippen LogP) is 4.65. The summed E-state index contributed by atoms with van der Waals surface area (Å²) in [4.78, 5) is 41.9. The average Bonchev–Trinajstić information content (AvgIpc) is 3.13. The van der Waals surface area contributed by atoms with Crippen LogP contribution in [0.1, 0.15) is 29.7 Å². The number of methoxy groups -OCH3 is 1. The summed E-state index contributed by atoms with van der Waals surface area (Å²) in [5, 5.41) is 14.2. The number of carbonyl (C=O) groups is 3. The molecule has 1 unspecified atom stereocenters. The van der Waals surface area contributed by atoms with Gasteiger partial charge in [-0.2, -0.15) is 0 Å². The van der Waals surface area contributed by atoms with E-state index in [9.17, 15) is 19.5 Å². The molecular formula is C29H29N3O5. The smallest absolute Gasteiger partial charge is 0.300 e. The van der Waals surface area contributed by atoms with Crippen LogP contribution < -0.4 is 19.9 Å². The van der Waals surface area contributed by atoms with Gasteiger partial charge in [-0.05, 0) is 55.0 Å². The third kappa shape index (κ3) is 4.91. The lowest BCUT2D eigenvalue weighted by Crippen LogP contribution is -2.29. The third-order valence-corrected chi connectivity index (χ3v) is 6.22. The number of hydrogen-bond acceptors (Lipinski definition) is 6. The summed E-state index contributed by atoms with van der Waals surface area (Å²) in [7, 11) is 5.31. The van der Waals surface area contributed by atoms with Crippen LogP contribution in [0.2, 0.25) is 0 Å². The first-order chi connectivity index (χ1) is 17.6. The molecule has 1 fully saturated rings. The van der Waals surface area contributed by atoms with Gasteiger partial charge in [-0.25, -0.2) is 0 Å². The molecule has 2 amide bonds. The van der Waals surface area contributed by atoms with Gasteiger partial charge < -0.3 is 20.1 Å². The Morgan fingerprint density at radius 3 is 2.35 bits per heavy atom. The normalized spacial score (nSPS) is 16.6. The average molecular weight is 500 g/mol. The fraction of sp³-hybridized carbons (Fsp3) is 0.207. The molecule has 0 saturated carbocycles. The molecule has 190 valence electrons. The molecule has 1 saturated heterocycles. The van der Waals surface area contributed by atoms with Gasteiger partial charge in [-0.15, -0.1) is 0 Å². The molecule has 1 aliphatic rings. The van der Waals surface area contributed by atoms with E-state index in [4.69, 9.17) is 4.74 Å². The molecule has 0 aromatic heterocycles. The number of carbonyl (C=O) groups excluding carboxylic acids is 3. The van der Waals surface area contributed by atoms with E-state index in [0.717, 1.165) is 11.3 Å². The molecule has 8 nitrogen and oxygen atoms in total. The molecule has 1 aliphatic heterocycles.